The minimum Gasteiger partial charge on any atom is -0.490 e. The average Bonchev–Trinajstić information content (AvgIpc) is 2.65. The second kappa shape index (κ2) is 11.3. The molecule has 0 fully saturated rings. The van der Waals surface area contributed by atoms with E-state index in [0.717, 1.165) is 11.1 Å². The first-order chi connectivity index (χ1) is 13.8. The van der Waals surface area contributed by atoms with E-state index in [0.29, 0.717) is 41.1 Å². The number of rotatable bonds is 11. The highest BCUT2D eigenvalue weighted by atomic mass is 35.5. The van der Waals surface area contributed by atoms with Gasteiger partial charge in [-0.1, -0.05) is 49.2 Å². The van der Waals surface area contributed by atoms with Crippen molar-refractivity contribution in [2.45, 2.75) is 46.4 Å². The first kappa shape index (κ1) is 23.3. The summed E-state index contributed by atoms with van der Waals surface area (Å²) in [5, 5.41) is 13.6. The third kappa shape index (κ3) is 7.42. The first-order valence-corrected chi connectivity index (χ1v) is 10.3. The van der Waals surface area contributed by atoms with E-state index >= 15 is 0 Å². The summed E-state index contributed by atoms with van der Waals surface area (Å²) in [6.07, 6.45) is 0.566. The van der Waals surface area contributed by atoms with Crippen LogP contribution in [0.4, 0.5) is 0 Å². The lowest BCUT2D eigenvalue weighted by Gasteiger charge is -2.18. The second-order valence-electron chi connectivity index (χ2n) is 7.14. The van der Waals surface area contributed by atoms with Crippen LogP contribution in [0.1, 0.15) is 38.3 Å². The number of hydrogen-bond acceptors (Lipinski definition) is 4. The van der Waals surface area contributed by atoms with Crippen molar-refractivity contribution in [1.82, 2.24) is 5.32 Å². The fourth-order valence-corrected chi connectivity index (χ4v) is 3.29. The van der Waals surface area contributed by atoms with Crippen molar-refractivity contribution in [3.05, 3.63) is 57.6 Å². The molecule has 0 aliphatic heterocycles. The van der Waals surface area contributed by atoms with Crippen LogP contribution in [0.2, 0.25) is 10.0 Å². The molecular weight excluding hydrogens is 413 g/mol. The van der Waals surface area contributed by atoms with Gasteiger partial charge in [0.05, 0.1) is 6.61 Å². The maximum atomic E-state index is 11.4. The Kier molecular flexibility index (Phi) is 9.08. The monoisotopic (exact) mass is 439 g/mol. The highest BCUT2D eigenvalue weighted by Crippen LogP contribution is 2.30. The van der Waals surface area contributed by atoms with Crippen LogP contribution in [0.15, 0.2) is 36.4 Å². The van der Waals surface area contributed by atoms with Crippen molar-refractivity contribution in [1.29, 1.82) is 0 Å². The molecule has 158 valence electrons. The zero-order valence-electron chi connectivity index (χ0n) is 16.9. The molecule has 2 rings (SSSR count). The maximum Gasteiger partial charge on any atom is 0.320 e. The van der Waals surface area contributed by atoms with Gasteiger partial charge in [-0.2, -0.15) is 0 Å². The van der Waals surface area contributed by atoms with Gasteiger partial charge in [0.1, 0.15) is 12.6 Å². The summed E-state index contributed by atoms with van der Waals surface area (Å²) in [7, 11) is 0. The molecule has 0 heterocycles. The van der Waals surface area contributed by atoms with Crippen LogP contribution in [0, 0.1) is 5.92 Å². The standard InChI is InChI=1S/C22H27Cl2NO4/c1-4-28-21-10-15(12-25-19(22(26)27)9-14(2)3)5-8-20(21)29-13-16-6-7-17(23)11-18(16)24/h5-8,10-11,14,19,25H,4,9,12-13H2,1-3H3,(H,26,27). The van der Waals surface area contributed by atoms with E-state index in [1.807, 2.05) is 45.0 Å². The number of nitrogens with one attached hydrogen (secondary N) is 1. The molecule has 5 nitrogen and oxygen atoms in total. The molecule has 0 spiro atoms. The van der Waals surface area contributed by atoms with Crippen molar-refractivity contribution < 1.29 is 19.4 Å². The van der Waals surface area contributed by atoms with Gasteiger partial charge in [-0.25, -0.2) is 0 Å². The smallest absolute Gasteiger partial charge is 0.320 e. The zero-order chi connectivity index (χ0) is 21.4. The third-order valence-corrected chi connectivity index (χ3v) is 4.85. The van der Waals surface area contributed by atoms with E-state index < -0.39 is 12.0 Å². The normalized spacial score (nSPS) is 12.1. The molecule has 1 unspecified atom stereocenters. The maximum absolute atomic E-state index is 11.4. The third-order valence-electron chi connectivity index (χ3n) is 4.26. The second-order valence-corrected chi connectivity index (χ2v) is 7.98. The minimum absolute atomic E-state index is 0.281. The Balaban J connectivity index is 2.08. The first-order valence-electron chi connectivity index (χ1n) is 9.58. The SMILES string of the molecule is CCOc1cc(CNC(CC(C)C)C(=O)O)ccc1OCc1ccc(Cl)cc1Cl. The van der Waals surface area contributed by atoms with Gasteiger partial charge in [0, 0.05) is 22.2 Å². The number of carboxylic acid groups (broad SMARTS) is 1. The minimum atomic E-state index is -0.844. The summed E-state index contributed by atoms with van der Waals surface area (Å²) in [6.45, 7) is 7.10. The van der Waals surface area contributed by atoms with Crippen LogP contribution < -0.4 is 14.8 Å². The molecule has 0 bridgehead atoms. The Labute approximate surface area is 181 Å². The number of ether oxygens (including phenoxy) is 2. The number of halogens is 2. The highest BCUT2D eigenvalue weighted by molar-refractivity contribution is 6.35. The summed E-state index contributed by atoms with van der Waals surface area (Å²) in [6, 6.07) is 10.3. The lowest BCUT2D eigenvalue weighted by Crippen LogP contribution is -2.37. The van der Waals surface area contributed by atoms with Crippen molar-refractivity contribution in [2.75, 3.05) is 6.61 Å². The Morgan fingerprint density at radius 2 is 1.86 bits per heavy atom. The Morgan fingerprint density at radius 3 is 2.48 bits per heavy atom. The van der Waals surface area contributed by atoms with E-state index in [1.54, 1.807) is 12.1 Å². The molecule has 0 saturated carbocycles. The lowest BCUT2D eigenvalue weighted by atomic mass is 10.0. The Bertz CT molecular complexity index is 826. The van der Waals surface area contributed by atoms with E-state index in [4.69, 9.17) is 32.7 Å². The van der Waals surface area contributed by atoms with Gasteiger partial charge < -0.3 is 19.9 Å². The number of aliphatic carboxylic acids is 1. The fourth-order valence-electron chi connectivity index (χ4n) is 2.83. The van der Waals surface area contributed by atoms with Gasteiger partial charge in [-0.15, -0.1) is 0 Å². The molecule has 0 aliphatic carbocycles. The van der Waals surface area contributed by atoms with Gasteiger partial charge in [-0.3, -0.25) is 4.79 Å². The van der Waals surface area contributed by atoms with Crippen molar-refractivity contribution >= 4 is 29.2 Å². The van der Waals surface area contributed by atoms with Crippen LogP contribution in [-0.4, -0.2) is 23.7 Å². The fraction of sp³-hybridized carbons (Fsp3) is 0.409. The number of carbonyl (C=O) groups is 1. The molecule has 29 heavy (non-hydrogen) atoms. The van der Waals surface area contributed by atoms with Crippen molar-refractivity contribution in [2.24, 2.45) is 5.92 Å². The Morgan fingerprint density at radius 1 is 1.10 bits per heavy atom. The van der Waals surface area contributed by atoms with Crippen molar-refractivity contribution in [3.63, 3.8) is 0 Å². The van der Waals surface area contributed by atoms with Gasteiger partial charge in [0.25, 0.3) is 0 Å². The van der Waals surface area contributed by atoms with Gasteiger partial charge in [-0.05, 0) is 49.1 Å². The topological polar surface area (TPSA) is 67.8 Å². The van der Waals surface area contributed by atoms with Crippen LogP contribution in [-0.2, 0) is 17.9 Å². The summed E-state index contributed by atoms with van der Waals surface area (Å²) in [5.74, 6) is 0.646. The average molecular weight is 440 g/mol. The lowest BCUT2D eigenvalue weighted by molar-refractivity contribution is -0.140. The molecule has 2 N–H and O–H groups in total. The van der Waals surface area contributed by atoms with Crippen LogP contribution in [0.5, 0.6) is 11.5 Å². The predicted molar refractivity (Wildman–Crippen MR) is 116 cm³/mol. The molecule has 0 saturated heterocycles. The van der Waals surface area contributed by atoms with Gasteiger partial charge in [0.15, 0.2) is 11.5 Å². The zero-order valence-corrected chi connectivity index (χ0v) is 18.4. The summed E-state index contributed by atoms with van der Waals surface area (Å²) < 4.78 is 11.6. The van der Waals surface area contributed by atoms with E-state index in [1.165, 1.54) is 0 Å². The highest BCUT2D eigenvalue weighted by Gasteiger charge is 2.18. The van der Waals surface area contributed by atoms with Crippen LogP contribution in [0.3, 0.4) is 0 Å². The van der Waals surface area contributed by atoms with E-state index in [2.05, 4.69) is 5.32 Å². The molecule has 1 atom stereocenters. The molecular formula is C22H27Cl2NO4. The molecule has 0 amide bonds. The number of hydrogen-bond donors (Lipinski definition) is 2. The Hall–Kier alpha value is -1.95. The quantitative estimate of drug-likeness (QED) is 0.479. The molecule has 0 radical (unpaired) electrons. The molecule has 0 aliphatic rings. The van der Waals surface area contributed by atoms with Crippen LogP contribution >= 0.6 is 23.2 Å². The molecule has 7 heteroatoms. The van der Waals surface area contributed by atoms with E-state index in [-0.39, 0.29) is 12.5 Å². The van der Waals surface area contributed by atoms with Gasteiger partial charge >= 0.3 is 5.97 Å². The molecule has 2 aromatic rings. The largest absolute Gasteiger partial charge is 0.490 e. The summed E-state index contributed by atoms with van der Waals surface area (Å²) in [4.78, 5) is 11.4. The predicted octanol–water partition coefficient (Wildman–Crippen LogP) is 5.56. The number of benzene rings is 2. The summed E-state index contributed by atoms with van der Waals surface area (Å²) in [5.41, 5.74) is 1.74. The number of carboxylic acids is 1. The summed E-state index contributed by atoms with van der Waals surface area (Å²) >= 11 is 12.1. The van der Waals surface area contributed by atoms with Gasteiger partial charge in [0.2, 0.25) is 0 Å². The van der Waals surface area contributed by atoms with E-state index in [9.17, 15) is 9.90 Å². The van der Waals surface area contributed by atoms with Crippen molar-refractivity contribution in [3.8, 4) is 11.5 Å². The van der Waals surface area contributed by atoms with Crippen LogP contribution in [0.25, 0.3) is 0 Å². The molecule has 0 aromatic heterocycles. The molecule has 2 aromatic carbocycles.